The van der Waals surface area contributed by atoms with Gasteiger partial charge in [0.1, 0.15) is 13.2 Å². The van der Waals surface area contributed by atoms with Crippen LogP contribution in [-0.4, -0.2) is 17.1 Å². The number of esters is 1. The first-order valence-electron chi connectivity index (χ1n) is 6.65. The number of hydrogen-bond donors (Lipinski definition) is 0. The smallest absolute Gasteiger partial charge is 0.302 e. The Hall–Kier alpha value is -1.84. The number of carbonyl (C=O) groups is 1. The summed E-state index contributed by atoms with van der Waals surface area (Å²) in [6.07, 6.45) is 2.09. The van der Waals surface area contributed by atoms with Gasteiger partial charge in [-0.3, -0.25) is 4.79 Å². The largest absolute Gasteiger partial charge is 0.462 e. The molecule has 1 aromatic heterocycles. The Morgan fingerprint density at radius 2 is 2.00 bits per heavy atom. The molecule has 0 atom stereocenters. The number of nitrogens with zero attached hydrogens (tertiary/aromatic N) is 2. The highest BCUT2D eigenvalue weighted by Crippen LogP contribution is 2.17. The minimum absolute atomic E-state index is 0.230. The molecule has 0 N–H and O–H groups in total. The normalized spacial score (nSPS) is 10.9. The van der Waals surface area contributed by atoms with Crippen molar-refractivity contribution < 1.29 is 14.1 Å². The number of aromatic nitrogens is 2. The van der Waals surface area contributed by atoms with Crippen LogP contribution in [-0.2, 0) is 22.6 Å². The van der Waals surface area contributed by atoms with Gasteiger partial charge in [-0.15, -0.1) is 0 Å². The van der Waals surface area contributed by atoms with E-state index in [1.165, 1.54) is 29.1 Å². The van der Waals surface area contributed by atoms with Gasteiger partial charge in [-0.1, -0.05) is 0 Å². The zero-order valence-corrected chi connectivity index (χ0v) is 12.1. The monoisotopic (exact) mass is 261 g/mol. The van der Waals surface area contributed by atoms with Crippen LogP contribution >= 0.6 is 0 Å². The summed E-state index contributed by atoms with van der Waals surface area (Å²) in [6, 6.07) is 4.42. The van der Waals surface area contributed by atoms with E-state index in [2.05, 4.69) is 48.4 Å². The molecule has 2 aromatic rings. The van der Waals surface area contributed by atoms with Crippen molar-refractivity contribution in [3.63, 3.8) is 0 Å². The number of hydrogen-bond acceptors (Lipinski definition) is 2. The number of benzene rings is 1. The van der Waals surface area contributed by atoms with Crippen molar-refractivity contribution in [1.82, 2.24) is 4.57 Å². The third-order valence-electron chi connectivity index (χ3n) is 3.47. The van der Waals surface area contributed by atoms with Crippen LogP contribution in [0.3, 0.4) is 0 Å². The molecule has 0 spiro atoms. The Morgan fingerprint density at radius 1 is 1.32 bits per heavy atom. The molecule has 102 valence electrons. The maximum atomic E-state index is 10.8. The lowest BCUT2D eigenvalue weighted by molar-refractivity contribution is -0.673. The first-order valence-corrected chi connectivity index (χ1v) is 6.65. The predicted octanol–water partition coefficient (Wildman–Crippen LogP) is 2.13. The molecule has 0 unspecified atom stereocenters. The molecule has 4 heteroatoms. The molecule has 0 amide bonds. The number of rotatable bonds is 4. The van der Waals surface area contributed by atoms with Crippen LogP contribution in [0.15, 0.2) is 18.5 Å². The molecule has 1 aromatic carbocycles. The fourth-order valence-corrected chi connectivity index (χ4v) is 2.26. The summed E-state index contributed by atoms with van der Waals surface area (Å²) in [7, 11) is 0. The van der Waals surface area contributed by atoms with E-state index in [9.17, 15) is 4.79 Å². The number of fused-ring (bicyclic) bond motifs is 1. The van der Waals surface area contributed by atoms with Gasteiger partial charge < -0.3 is 4.74 Å². The summed E-state index contributed by atoms with van der Waals surface area (Å²) in [5.41, 5.74) is 5.00. The highest BCUT2D eigenvalue weighted by atomic mass is 16.5. The highest BCUT2D eigenvalue weighted by Gasteiger charge is 2.15. The standard InChI is InChI=1S/C15H21N2O2/c1-5-16-10-17(6-7-19-13(4)18)15-9-12(3)11(2)8-14(15)16/h8-10H,5-7H2,1-4H3/q+1. The van der Waals surface area contributed by atoms with Crippen LogP contribution in [0.1, 0.15) is 25.0 Å². The van der Waals surface area contributed by atoms with Crippen LogP contribution in [0.5, 0.6) is 0 Å². The summed E-state index contributed by atoms with van der Waals surface area (Å²) in [5.74, 6) is -0.230. The molecular formula is C15H21N2O2+. The van der Waals surface area contributed by atoms with Crippen LogP contribution in [0.25, 0.3) is 11.0 Å². The van der Waals surface area contributed by atoms with Gasteiger partial charge in [0.2, 0.25) is 6.33 Å². The third-order valence-corrected chi connectivity index (χ3v) is 3.47. The molecule has 1 heterocycles. The van der Waals surface area contributed by atoms with Gasteiger partial charge in [-0.2, -0.15) is 0 Å². The second-order valence-corrected chi connectivity index (χ2v) is 4.86. The molecular weight excluding hydrogens is 240 g/mol. The topological polar surface area (TPSA) is 35.1 Å². The van der Waals surface area contributed by atoms with E-state index in [1.54, 1.807) is 0 Å². The Morgan fingerprint density at radius 3 is 2.63 bits per heavy atom. The van der Waals surface area contributed by atoms with Gasteiger partial charge >= 0.3 is 5.97 Å². The minimum Gasteiger partial charge on any atom is -0.462 e. The maximum Gasteiger partial charge on any atom is 0.302 e. The third kappa shape index (κ3) is 2.78. The average molecular weight is 261 g/mol. The predicted molar refractivity (Wildman–Crippen MR) is 73.9 cm³/mol. The second kappa shape index (κ2) is 5.43. The van der Waals surface area contributed by atoms with Crippen molar-refractivity contribution in [3.8, 4) is 0 Å². The lowest BCUT2D eigenvalue weighted by Gasteiger charge is -2.01. The molecule has 0 aliphatic carbocycles. The fraction of sp³-hybridized carbons (Fsp3) is 0.467. The molecule has 4 nitrogen and oxygen atoms in total. The minimum atomic E-state index is -0.230. The van der Waals surface area contributed by atoms with E-state index < -0.39 is 0 Å². The van der Waals surface area contributed by atoms with Crippen LogP contribution < -0.4 is 4.57 Å². The van der Waals surface area contributed by atoms with Gasteiger partial charge in [0.25, 0.3) is 0 Å². The number of carbonyl (C=O) groups excluding carboxylic acids is 1. The number of imidazole rings is 1. The quantitative estimate of drug-likeness (QED) is 0.624. The Labute approximate surface area is 113 Å². The molecule has 19 heavy (non-hydrogen) atoms. The van der Waals surface area contributed by atoms with Crippen LogP contribution in [0.4, 0.5) is 0 Å². The fourth-order valence-electron chi connectivity index (χ4n) is 2.26. The zero-order valence-electron chi connectivity index (χ0n) is 12.1. The van der Waals surface area contributed by atoms with Crippen molar-refractivity contribution in [2.45, 2.75) is 40.8 Å². The van der Waals surface area contributed by atoms with E-state index >= 15 is 0 Å². The SMILES string of the molecule is CCn1c[n+](CCOC(C)=O)c2cc(C)c(C)cc21. The summed E-state index contributed by atoms with van der Waals surface area (Å²) in [6.45, 7) is 9.85. The molecule has 0 aliphatic rings. The lowest BCUT2D eigenvalue weighted by Crippen LogP contribution is -2.35. The summed E-state index contributed by atoms with van der Waals surface area (Å²) in [4.78, 5) is 10.8. The molecule has 0 radical (unpaired) electrons. The maximum absolute atomic E-state index is 10.8. The first-order chi connectivity index (χ1) is 9.02. The zero-order chi connectivity index (χ0) is 14.0. The summed E-state index contributed by atoms with van der Waals surface area (Å²) in [5, 5.41) is 0. The summed E-state index contributed by atoms with van der Waals surface area (Å²) >= 11 is 0. The molecule has 2 rings (SSSR count). The Kier molecular flexibility index (Phi) is 3.88. The summed E-state index contributed by atoms with van der Waals surface area (Å²) < 4.78 is 9.39. The van der Waals surface area contributed by atoms with E-state index in [0.29, 0.717) is 13.2 Å². The number of aryl methyl sites for hydroxylation is 3. The Balaban J connectivity index is 2.38. The van der Waals surface area contributed by atoms with Gasteiger partial charge in [0.05, 0.1) is 6.54 Å². The van der Waals surface area contributed by atoms with Crippen LogP contribution in [0, 0.1) is 13.8 Å². The van der Waals surface area contributed by atoms with Crippen molar-refractivity contribution >= 4 is 17.0 Å². The van der Waals surface area contributed by atoms with E-state index in [-0.39, 0.29) is 5.97 Å². The Bertz CT molecular complexity index is 614. The van der Waals surface area contributed by atoms with Gasteiger partial charge in [-0.25, -0.2) is 9.13 Å². The molecule has 0 bridgehead atoms. The average Bonchev–Trinajstić information content (AvgIpc) is 2.67. The highest BCUT2D eigenvalue weighted by molar-refractivity contribution is 5.74. The molecule has 0 saturated carbocycles. The van der Waals surface area contributed by atoms with Crippen molar-refractivity contribution in [2.75, 3.05) is 6.61 Å². The van der Waals surface area contributed by atoms with Crippen molar-refractivity contribution in [3.05, 3.63) is 29.6 Å². The molecule has 0 fully saturated rings. The molecule has 0 aliphatic heterocycles. The lowest BCUT2D eigenvalue weighted by atomic mass is 10.1. The van der Waals surface area contributed by atoms with E-state index in [1.807, 2.05) is 0 Å². The van der Waals surface area contributed by atoms with Gasteiger partial charge in [-0.05, 0) is 44.0 Å². The van der Waals surface area contributed by atoms with Crippen molar-refractivity contribution in [1.29, 1.82) is 0 Å². The second-order valence-electron chi connectivity index (χ2n) is 4.86. The molecule has 0 saturated heterocycles. The van der Waals surface area contributed by atoms with Crippen LogP contribution in [0.2, 0.25) is 0 Å². The van der Waals surface area contributed by atoms with Crippen molar-refractivity contribution in [2.24, 2.45) is 0 Å². The van der Waals surface area contributed by atoms with E-state index in [0.717, 1.165) is 6.54 Å². The van der Waals surface area contributed by atoms with E-state index in [4.69, 9.17) is 4.74 Å². The first kappa shape index (κ1) is 13.6. The number of ether oxygens (including phenoxy) is 1. The van der Waals surface area contributed by atoms with Gasteiger partial charge in [0.15, 0.2) is 11.0 Å². The van der Waals surface area contributed by atoms with Gasteiger partial charge in [0, 0.05) is 6.92 Å².